The lowest BCUT2D eigenvalue weighted by atomic mass is 10.1. The summed E-state index contributed by atoms with van der Waals surface area (Å²) >= 11 is 0. The Hall–Kier alpha value is -2.88. The molecule has 2 aromatic heterocycles. The van der Waals surface area contributed by atoms with Crippen LogP contribution < -0.4 is 5.56 Å². The molecule has 0 saturated heterocycles. The van der Waals surface area contributed by atoms with Crippen molar-refractivity contribution >= 4 is 16.8 Å². The molecule has 0 N–H and O–H groups in total. The second-order valence-electron chi connectivity index (χ2n) is 6.35. The van der Waals surface area contributed by atoms with Gasteiger partial charge in [0.15, 0.2) is 0 Å². The van der Waals surface area contributed by atoms with Gasteiger partial charge in [0, 0.05) is 17.8 Å². The fourth-order valence-electron chi connectivity index (χ4n) is 3.56. The Morgan fingerprint density at radius 3 is 2.48 bits per heavy atom. The molecule has 0 spiro atoms. The second kappa shape index (κ2) is 6.20. The standard InChI is InChI=1S/C21H21N3O/c1-3-17-15(2)23(14-13-16-9-5-4-6-10-16)21-22-18-11-7-8-12-19(18)24(21)20(17)25/h4-12H,3,13-14H2,1-2H3. The Bertz CT molecular complexity index is 1110. The van der Waals surface area contributed by atoms with Crippen molar-refractivity contribution < 1.29 is 0 Å². The number of rotatable bonds is 4. The fourth-order valence-corrected chi connectivity index (χ4v) is 3.56. The quantitative estimate of drug-likeness (QED) is 0.571. The van der Waals surface area contributed by atoms with Gasteiger partial charge in [0.05, 0.1) is 11.0 Å². The summed E-state index contributed by atoms with van der Waals surface area (Å²) in [6.45, 7) is 4.87. The van der Waals surface area contributed by atoms with Crippen LogP contribution in [0.1, 0.15) is 23.7 Å². The van der Waals surface area contributed by atoms with Gasteiger partial charge in [-0.3, -0.25) is 4.79 Å². The molecule has 4 rings (SSSR count). The highest BCUT2D eigenvalue weighted by Gasteiger charge is 2.16. The van der Waals surface area contributed by atoms with Crippen LogP contribution in [0.25, 0.3) is 16.8 Å². The lowest BCUT2D eigenvalue weighted by Crippen LogP contribution is -2.25. The molecule has 4 heteroatoms. The van der Waals surface area contributed by atoms with Crippen molar-refractivity contribution in [3.8, 4) is 0 Å². The van der Waals surface area contributed by atoms with Crippen molar-refractivity contribution in [3.63, 3.8) is 0 Å². The molecule has 4 nitrogen and oxygen atoms in total. The first kappa shape index (κ1) is 15.6. The molecule has 0 aliphatic rings. The maximum absolute atomic E-state index is 13.0. The van der Waals surface area contributed by atoms with Gasteiger partial charge in [-0.15, -0.1) is 0 Å². The third-order valence-electron chi connectivity index (χ3n) is 4.91. The Labute approximate surface area is 146 Å². The Balaban J connectivity index is 1.94. The number of para-hydroxylation sites is 2. The highest BCUT2D eigenvalue weighted by atomic mass is 16.1. The smallest absolute Gasteiger partial charge is 0.262 e. The van der Waals surface area contributed by atoms with Crippen LogP contribution in [0, 0.1) is 6.92 Å². The Kier molecular flexibility index (Phi) is 3.88. The van der Waals surface area contributed by atoms with Crippen LogP contribution in [-0.4, -0.2) is 14.0 Å². The predicted octanol–water partition coefficient (Wildman–Crippen LogP) is 3.76. The van der Waals surface area contributed by atoms with E-state index in [0.29, 0.717) is 0 Å². The Morgan fingerprint density at radius 2 is 1.72 bits per heavy atom. The van der Waals surface area contributed by atoms with Crippen LogP contribution in [0.15, 0.2) is 59.4 Å². The van der Waals surface area contributed by atoms with Crippen molar-refractivity contribution in [2.45, 2.75) is 33.2 Å². The molecule has 0 atom stereocenters. The summed E-state index contributed by atoms with van der Waals surface area (Å²) in [5, 5.41) is 0. The minimum absolute atomic E-state index is 0.0552. The zero-order chi connectivity index (χ0) is 17.4. The third kappa shape index (κ3) is 2.54. The average Bonchev–Trinajstić information content (AvgIpc) is 3.02. The molecule has 0 amide bonds. The van der Waals surface area contributed by atoms with E-state index in [9.17, 15) is 4.79 Å². The Morgan fingerprint density at radius 1 is 1.00 bits per heavy atom. The minimum atomic E-state index is 0.0552. The van der Waals surface area contributed by atoms with Gasteiger partial charge < -0.3 is 4.57 Å². The van der Waals surface area contributed by atoms with E-state index in [2.05, 4.69) is 28.8 Å². The third-order valence-corrected chi connectivity index (χ3v) is 4.91. The summed E-state index contributed by atoms with van der Waals surface area (Å²) in [6.07, 6.45) is 1.63. The van der Waals surface area contributed by atoms with Gasteiger partial charge in [0.1, 0.15) is 0 Å². The largest absolute Gasteiger partial charge is 0.315 e. The van der Waals surface area contributed by atoms with Gasteiger partial charge in [-0.2, -0.15) is 0 Å². The summed E-state index contributed by atoms with van der Waals surface area (Å²) in [7, 11) is 0. The normalized spacial score (nSPS) is 11.4. The van der Waals surface area contributed by atoms with Crippen molar-refractivity contribution in [3.05, 3.63) is 81.8 Å². The van der Waals surface area contributed by atoms with E-state index in [1.807, 2.05) is 44.2 Å². The van der Waals surface area contributed by atoms with E-state index < -0.39 is 0 Å². The summed E-state index contributed by atoms with van der Waals surface area (Å²) in [4.78, 5) is 17.7. The molecule has 0 bridgehead atoms. The van der Waals surface area contributed by atoms with Gasteiger partial charge in [-0.1, -0.05) is 49.4 Å². The first-order valence-corrected chi connectivity index (χ1v) is 8.74. The molecule has 2 aromatic carbocycles. The number of imidazole rings is 1. The van der Waals surface area contributed by atoms with E-state index in [0.717, 1.165) is 47.5 Å². The van der Waals surface area contributed by atoms with Gasteiger partial charge in [-0.05, 0) is 37.5 Å². The molecule has 0 aliphatic heterocycles. The number of aryl methyl sites for hydroxylation is 2. The van der Waals surface area contributed by atoms with E-state index >= 15 is 0 Å². The number of hydrogen-bond acceptors (Lipinski definition) is 2. The highest BCUT2D eigenvalue weighted by Crippen LogP contribution is 2.18. The van der Waals surface area contributed by atoms with Crippen molar-refractivity contribution in [2.24, 2.45) is 0 Å². The number of nitrogens with zero attached hydrogens (tertiary/aromatic N) is 3. The maximum Gasteiger partial charge on any atom is 0.262 e. The van der Waals surface area contributed by atoms with Gasteiger partial charge in [-0.25, -0.2) is 9.38 Å². The first-order chi connectivity index (χ1) is 12.2. The highest BCUT2D eigenvalue weighted by molar-refractivity contribution is 5.79. The molecule has 4 aromatic rings. The number of aromatic nitrogens is 3. The zero-order valence-electron chi connectivity index (χ0n) is 14.6. The molecule has 0 radical (unpaired) electrons. The SMILES string of the molecule is CCc1c(C)n(CCc2ccccc2)c2nc3ccccc3n2c1=O. The summed E-state index contributed by atoms with van der Waals surface area (Å²) in [6, 6.07) is 18.3. The van der Waals surface area contributed by atoms with Gasteiger partial charge in [0.25, 0.3) is 5.56 Å². The van der Waals surface area contributed by atoms with Crippen LogP contribution in [0.3, 0.4) is 0 Å². The molecular weight excluding hydrogens is 310 g/mol. The topological polar surface area (TPSA) is 39.3 Å². The van der Waals surface area contributed by atoms with Crippen LogP contribution in [0.2, 0.25) is 0 Å². The van der Waals surface area contributed by atoms with Gasteiger partial charge in [0.2, 0.25) is 5.78 Å². The molecule has 0 unspecified atom stereocenters. The van der Waals surface area contributed by atoms with E-state index in [-0.39, 0.29) is 5.56 Å². The summed E-state index contributed by atoms with van der Waals surface area (Å²) < 4.78 is 3.96. The van der Waals surface area contributed by atoms with E-state index in [1.54, 1.807) is 4.40 Å². The molecule has 0 aliphatic carbocycles. The molecule has 126 valence electrons. The number of fused-ring (bicyclic) bond motifs is 3. The summed E-state index contributed by atoms with van der Waals surface area (Å²) in [5.74, 6) is 0.733. The van der Waals surface area contributed by atoms with Gasteiger partial charge >= 0.3 is 0 Å². The van der Waals surface area contributed by atoms with Crippen LogP contribution in [0.4, 0.5) is 0 Å². The van der Waals surface area contributed by atoms with Crippen molar-refractivity contribution in [1.82, 2.24) is 14.0 Å². The monoisotopic (exact) mass is 331 g/mol. The molecule has 0 fully saturated rings. The van der Waals surface area contributed by atoms with Crippen LogP contribution in [0.5, 0.6) is 0 Å². The van der Waals surface area contributed by atoms with E-state index in [4.69, 9.17) is 4.98 Å². The molecular formula is C21H21N3O. The van der Waals surface area contributed by atoms with Crippen molar-refractivity contribution in [2.75, 3.05) is 0 Å². The number of benzene rings is 2. The fraction of sp³-hybridized carbons (Fsp3) is 0.238. The average molecular weight is 331 g/mol. The van der Waals surface area contributed by atoms with Crippen LogP contribution >= 0.6 is 0 Å². The summed E-state index contributed by atoms with van der Waals surface area (Å²) in [5.41, 5.74) is 4.97. The molecule has 0 saturated carbocycles. The second-order valence-corrected chi connectivity index (χ2v) is 6.35. The predicted molar refractivity (Wildman–Crippen MR) is 101 cm³/mol. The molecule has 25 heavy (non-hydrogen) atoms. The first-order valence-electron chi connectivity index (χ1n) is 8.74. The minimum Gasteiger partial charge on any atom is -0.315 e. The van der Waals surface area contributed by atoms with Crippen LogP contribution in [-0.2, 0) is 19.4 Å². The van der Waals surface area contributed by atoms with Crippen molar-refractivity contribution in [1.29, 1.82) is 0 Å². The lowest BCUT2D eigenvalue weighted by Gasteiger charge is -2.15. The lowest BCUT2D eigenvalue weighted by molar-refractivity contribution is 0.661. The molecule has 2 heterocycles. The van der Waals surface area contributed by atoms with E-state index in [1.165, 1.54) is 5.56 Å². The maximum atomic E-state index is 13.0. The zero-order valence-corrected chi connectivity index (χ0v) is 14.6. The number of hydrogen-bond donors (Lipinski definition) is 0.